The van der Waals surface area contributed by atoms with Gasteiger partial charge >= 0.3 is 11.7 Å². The summed E-state index contributed by atoms with van der Waals surface area (Å²) in [5.74, 6) is 0. The normalized spacial score (nSPS) is 13.9. The lowest BCUT2D eigenvalue weighted by Crippen LogP contribution is -2.19. The molecule has 0 bridgehead atoms. The van der Waals surface area contributed by atoms with Crippen molar-refractivity contribution < 1.29 is 10.9 Å². The van der Waals surface area contributed by atoms with E-state index < -0.39 is 0 Å². The SMILES string of the molecule is CC.COCCOc1nc(C)c2[nH]c(=O)n(Cc3ccc(CN4CCCC4)cc3)c2n1.[HH]. The number of aromatic amines is 1. The molecule has 1 N–H and O–H groups in total. The first-order valence-electron chi connectivity index (χ1n) is 11.0. The number of aromatic nitrogens is 4. The van der Waals surface area contributed by atoms with Crippen LogP contribution in [0.5, 0.6) is 6.01 Å². The molecule has 1 fully saturated rings. The van der Waals surface area contributed by atoms with Crippen molar-refractivity contribution in [2.45, 2.75) is 46.7 Å². The van der Waals surface area contributed by atoms with Gasteiger partial charge < -0.3 is 14.5 Å². The molecule has 0 spiro atoms. The second kappa shape index (κ2) is 11.1. The summed E-state index contributed by atoms with van der Waals surface area (Å²) in [6.45, 7) is 10.4. The largest absolute Gasteiger partial charge is 0.461 e. The molecule has 1 aromatic carbocycles. The van der Waals surface area contributed by atoms with Gasteiger partial charge in [-0.2, -0.15) is 9.97 Å². The van der Waals surface area contributed by atoms with Crippen LogP contribution in [0, 0.1) is 6.92 Å². The van der Waals surface area contributed by atoms with E-state index in [1.54, 1.807) is 11.7 Å². The van der Waals surface area contributed by atoms with Crippen LogP contribution in [-0.2, 0) is 17.8 Å². The molecule has 0 aliphatic carbocycles. The number of methoxy groups -OCH3 is 1. The van der Waals surface area contributed by atoms with Crippen molar-refractivity contribution in [1.82, 2.24) is 24.4 Å². The number of ether oxygens (including phenoxy) is 2. The number of nitrogens with zero attached hydrogens (tertiary/aromatic N) is 4. The molecule has 2 aromatic heterocycles. The fourth-order valence-corrected chi connectivity index (χ4v) is 3.70. The van der Waals surface area contributed by atoms with Crippen molar-refractivity contribution in [1.29, 1.82) is 0 Å². The summed E-state index contributed by atoms with van der Waals surface area (Å²) in [4.78, 5) is 26.6. The first kappa shape index (κ1) is 23.0. The monoisotopic (exact) mass is 429 g/mol. The van der Waals surface area contributed by atoms with Gasteiger partial charge in [-0.25, -0.2) is 4.79 Å². The van der Waals surface area contributed by atoms with Crippen molar-refractivity contribution in [3.05, 3.63) is 51.6 Å². The molecule has 1 aliphatic heterocycles. The van der Waals surface area contributed by atoms with Crippen LogP contribution in [0.3, 0.4) is 0 Å². The molecule has 3 aromatic rings. The summed E-state index contributed by atoms with van der Waals surface area (Å²) in [6, 6.07) is 8.71. The fourth-order valence-electron chi connectivity index (χ4n) is 3.70. The first-order valence-corrected chi connectivity index (χ1v) is 11.0. The zero-order chi connectivity index (χ0) is 22.2. The van der Waals surface area contributed by atoms with E-state index in [1.165, 1.54) is 31.5 Å². The molecule has 170 valence electrons. The van der Waals surface area contributed by atoms with Gasteiger partial charge in [-0.15, -0.1) is 0 Å². The third kappa shape index (κ3) is 5.71. The second-order valence-electron chi connectivity index (χ2n) is 7.45. The minimum atomic E-state index is -0.201. The summed E-state index contributed by atoms with van der Waals surface area (Å²) in [5.41, 5.74) is 4.02. The first-order chi connectivity index (χ1) is 15.1. The number of imidazole rings is 1. The number of nitrogens with one attached hydrogen (secondary N) is 1. The van der Waals surface area contributed by atoms with Crippen molar-refractivity contribution in [2.24, 2.45) is 0 Å². The van der Waals surface area contributed by atoms with Crippen molar-refractivity contribution >= 4 is 11.2 Å². The molecule has 0 atom stereocenters. The van der Waals surface area contributed by atoms with E-state index in [9.17, 15) is 4.79 Å². The van der Waals surface area contributed by atoms with Crippen LogP contribution in [0.2, 0.25) is 0 Å². The predicted molar refractivity (Wildman–Crippen MR) is 124 cm³/mol. The number of H-pyrrole nitrogens is 1. The summed E-state index contributed by atoms with van der Waals surface area (Å²) >= 11 is 0. The van der Waals surface area contributed by atoms with E-state index in [-0.39, 0.29) is 13.1 Å². The van der Waals surface area contributed by atoms with E-state index in [0.29, 0.717) is 36.6 Å². The van der Waals surface area contributed by atoms with Gasteiger partial charge in [0.05, 0.1) is 18.8 Å². The molecule has 3 heterocycles. The Bertz CT molecular complexity index is 1030. The van der Waals surface area contributed by atoms with Crippen LogP contribution in [0.15, 0.2) is 29.1 Å². The summed E-state index contributed by atoms with van der Waals surface area (Å²) < 4.78 is 12.2. The van der Waals surface area contributed by atoms with Crippen LogP contribution in [0.25, 0.3) is 11.2 Å². The second-order valence-corrected chi connectivity index (χ2v) is 7.45. The lowest BCUT2D eigenvalue weighted by Gasteiger charge is -2.14. The molecule has 4 rings (SSSR count). The molecule has 1 aliphatic rings. The molecular formula is C23H35N5O3. The Morgan fingerprint density at radius 3 is 2.32 bits per heavy atom. The Labute approximate surface area is 184 Å². The highest BCUT2D eigenvalue weighted by atomic mass is 16.5. The number of likely N-dealkylation sites (tertiary alicyclic amines) is 1. The van der Waals surface area contributed by atoms with Gasteiger partial charge in [0, 0.05) is 15.1 Å². The standard InChI is InChI=1S/C21H27N5O3.C2H6.H2/c1-15-18-19(24-20(22-15)29-12-11-28-2)26(21(27)23-18)14-17-7-5-16(6-8-17)13-25-9-3-4-10-25;1-2;/h5-8H,3-4,9-14H2,1-2H3,(H,23,27);1-2H3;1H. The van der Waals surface area contributed by atoms with Gasteiger partial charge in [-0.1, -0.05) is 38.1 Å². The molecule has 0 amide bonds. The molecule has 1 saturated heterocycles. The highest BCUT2D eigenvalue weighted by Crippen LogP contribution is 2.17. The van der Waals surface area contributed by atoms with Gasteiger partial charge in [-0.05, 0) is 44.0 Å². The maximum Gasteiger partial charge on any atom is 0.328 e. The minimum absolute atomic E-state index is 0. The van der Waals surface area contributed by atoms with Crippen molar-refractivity contribution in [3.8, 4) is 6.01 Å². The fraction of sp³-hybridized carbons (Fsp3) is 0.522. The smallest absolute Gasteiger partial charge is 0.328 e. The van der Waals surface area contributed by atoms with Gasteiger partial charge in [0.15, 0.2) is 5.65 Å². The summed E-state index contributed by atoms with van der Waals surface area (Å²) in [6.07, 6.45) is 2.58. The van der Waals surface area contributed by atoms with Crippen LogP contribution < -0.4 is 10.4 Å². The van der Waals surface area contributed by atoms with E-state index in [0.717, 1.165) is 12.1 Å². The third-order valence-corrected chi connectivity index (χ3v) is 5.27. The van der Waals surface area contributed by atoms with E-state index in [2.05, 4.69) is 44.1 Å². The number of rotatable bonds is 8. The van der Waals surface area contributed by atoms with Gasteiger partial charge in [0.25, 0.3) is 0 Å². The summed E-state index contributed by atoms with van der Waals surface area (Å²) in [7, 11) is 1.61. The topological polar surface area (TPSA) is 85.3 Å². The van der Waals surface area contributed by atoms with Crippen LogP contribution in [0.4, 0.5) is 0 Å². The Morgan fingerprint density at radius 2 is 1.68 bits per heavy atom. The Morgan fingerprint density at radius 1 is 1.03 bits per heavy atom. The average molecular weight is 430 g/mol. The predicted octanol–water partition coefficient (Wildman–Crippen LogP) is 3.37. The molecule has 8 heteroatoms. The number of hydrogen-bond donors (Lipinski definition) is 1. The van der Waals surface area contributed by atoms with Gasteiger partial charge in [0.1, 0.15) is 12.1 Å². The van der Waals surface area contributed by atoms with Crippen LogP contribution in [0.1, 0.15) is 44.9 Å². The van der Waals surface area contributed by atoms with Gasteiger partial charge in [0.2, 0.25) is 0 Å². The molecule has 0 radical (unpaired) electrons. The molecule has 31 heavy (non-hydrogen) atoms. The van der Waals surface area contributed by atoms with E-state index in [4.69, 9.17) is 9.47 Å². The quantitative estimate of drug-likeness (QED) is 0.553. The van der Waals surface area contributed by atoms with E-state index in [1.807, 2.05) is 20.8 Å². The maximum atomic E-state index is 12.5. The molecule has 8 nitrogen and oxygen atoms in total. The zero-order valence-corrected chi connectivity index (χ0v) is 19.0. The minimum Gasteiger partial charge on any atom is -0.461 e. The lowest BCUT2D eigenvalue weighted by molar-refractivity contribution is 0.141. The number of fused-ring (bicyclic) bond motifs is 1. The number of aryl methyl sites for hydroxylation is 1. The number of benzene rings is 1. The van der Waals surface area contributed by atoms with Gasteiger partial charge in [-0.3, -0.25) is 9.47 Å². The van der Waals surface area contributed by atoms with Crippen LogP contribution in [-0.4, -0.2) is 57.8 Å². The highest BCUT2D eigenvalue weighted by Gasteiger charge is 2.15. The molecule has 0 saturated carbocycles. The molecular weight excluding hydrogens is 394 g/mol. The maximum absolute atomic E-state index is 12.5. The Kier molecular flexibility index (Phi) is 8.20. The van der Waals surface area contributed by atoms with E-state index >= 15 is 0 Å². The number of hydrogen-bond acceptors (Lipinski definition) is 6. The lowest BCUT2D eigenvalue weighted by atomic mass is 10.1. The third-order valence-electron chi connectivity index (χ3n) is 5.27. The summed E-state index contributed by atoms with van der Waals surface area (Å²) in [5, 5.41) is 0. The average Bonchev–Trinajstić information content (AvgIpc) is 3.40. The van der Waals surface area contributed by atoms with Crippen molar-refractivity contribution in [2.75, 3.05) is 33.4 Å². The highest BCUT2D eigenvalue weighted by molar-refractivity contribution is 5.73. The van der Waals surface area contributed by atoms with Crippen LogP contribution >= 0.6 is 0 Å². The Balaban J connectivity index is 0.00000118. The van der Waals surface area contributed by atoms with Crippen molar-refractivity contribution in [3.63, 3.8) is 0 Å². The Hall–Kier alpha value is -2.71. The zero-order valence-electron chi connectivity index (χ0n) is 19.0. The molecule has 0 unspecified atom stereocenters.